The quantitative estimate of drug-likeness (QED) is 0.307. The molecule has 0 aliphatic rings. The molecule has 0 saturated heterocycles. The van der Waals surface area contributed by atoms with Crippen molar-refractivity contribution < 1.29 is 4.74 Å². The van der Waals surface area contributed by atoms with Gasteiger partial charge >= 0.3 is 0 Å². The zero-order valence-corrected chi connectivity index (χ0v) is 18.5. The van der Waals surface area contributed by atoms with Crippen LogP contribution in [0.5, 0.6) is 5.75 Å². The molecule has 4 nitrogen and oxygen atoms in total. The first-order valence-electron chi connectivity index (χ1n) is 9.77. The number of rotatable bonds is 7. The van der Waals surface area contributed by atoms with Crippen LogP contribution < -0.4 is 4.74 Å². The smallest absolute Gasteiger partial charge is 0.196 e. The fourth-order valence-electron chi connectivity index (χ4n) is 3.07. The van der Waals surface area contributed by atoms with Crippen molar-refractivity contribution in [2.75, 3.05) is 6.61 Å². The minimum Gasteiger partial charge on any atom is -0.494 e. The maximum atomic E-state index is 6.08. The number of hydrogen-bond acceptors (Lipinski definition) is 4. The van der Waals surface area contributed by atoms with Crippen molar-refractivity contribution in [1.82, 2.24) is 14.8 Å². The van der Waals surface area contributed by atoms with Crippen LogP contribution in [0.2, 0.25) is 5.02 Å². The van der Waals surface area contributed by atoms with E-state index in [4.69, 9.17) is 16.3 Å². The molecule has 0 spiro atoms. The lowest BCUT2D eigenvalue weighted by atomic mass is 10.2. The van der Waals surface area contributed by atoms with Crippen LogP contribution in [0.3, 0.4) is 0 Å². The first-order valence-corrected chi connectivity index (χ1v) is 11.1. The van der Waals surface area contributed by atoms with Crippen LogP contribution in [0.1, 0.15) is 18.1 Å². The minimum absolute atomic E-state index is 0.639. The maximum Gasteiger partial charge on any atom is 0.196 e. The molecule has 0 N–H and O–H groups in total. The Bertz CT molecular complexity index is 1110. The lowest BCUT2D eigenvalue weighted by Crippen LogP contribution is -2.00. The van der Waals surface area contributed by atoms with Crippen LogP contribution in [0, 0.1) is 6.92 Å². The zero-order valence-electron chi connectivity index (χ0n) is 16.9. The van der Waals surface area contributed by atoms with E-state index in [0.29, 0.717) is 11.6 Å². The predicted molar refractivity (Wildman–Crippen MR) is 124 cm³/mol. The molecule has 4 aromatic rings. The van der Waals surface area contributed by atoms with Gasteiger partial charge in [-0.15, -0.1) is 10.2 Å². The standard InChI is InChI=1S/C24H22ClN3OS/c1-3-29-22-14-12-21(13-15-22)28-23(19-8-10-20(25)11-9-19)26-27-24(28)30-16-18-6-4-17(2)5-7-18/h4-15H,3,16H2,1-2H3. The highest BCUT2D eigenvalue weighted by Gasteiger charge is 2.16. The van der Waals surface area contributed by atoms with Gasteiger partial charge < -0.3 is 4.74 Å². The van der Waals surface area contributed by atoms with Crippen molar-refractivity contribution in [3.8, 4) is 22.8 Å². The molecular formula is C24H22ClN3OS. The number of benzene rings is 3. The first-order chi connectivity index (χ1) is 14.6. The van der Waals surface area contributed by atoms with Gasteiger partial charge in [-0.2, -0.15) is 0 Å². The van der Waals surface area contributed by atoms with Gasteiger partial charge in [-0.1, -0.05) is 53.2 Å². The molecule has 0 unspecified atom stereocenters. The first kappa shape index (κ1) is 20.5. The molecular weight excluding hydrogens is 414 g/mol. The third-order valence-electron chi connectivity index (χ3n) is 4.63. The fourth-order valence-corrected chi connectivity index (χ4v) is 4.11. The Morgan fingerprint density at radius 1 is 0.900 bits per heavy atom. The van der Waals surface area contributed by atoms with Crippen molar-refractivity contribution in [3.63, 3.8) is 0 Å². The summed E-state index contributed by atoms with van der Waals surface area (Å²) in [7, 11) is 0. The Morgan fingerprint density at radius 3 is 2.27 bits per heavy atom. The number of ether oxygens (including phenoxy) is 1. The average molecular weight is 436 g/mol. The van der Waals surface area contributed by atoms with Crippen molar-refractivity contribution in [3.05, 3.63) is 88.9 Å². The number of aromatic nitrogens is 3. The summed E-state index contributed by atoms with van der Waals surface area (Å²) in [5, 5.41) is 10.5. The maximum absolute atomic E-state index is 6.08. The van der Waals surface area contributed by atoms with Crippen LogP contribution in [-0.4, -0.2) is 21.4 Å². The summed E-state index contributed by atoms with van der Waals surface area (Å²) in [5.41, 5.74) is 4.45. The normalized spacial score (nSPS) is 10.9. The van der Waals surface area contributed by atoms with Gasteiger partial charge in [0, 0.05) is 22.0 Å². The summed E-state index contributed by atoms with van der Waals surface area (Å²) >= 11 is 7.74. The van der Waals surface area contributed by atoms with E-state index in [1.807, 2.05) is 55.5 Å². The van der Waals surface area contributed by atoms with E-state index >= 15 is 0 Å². The van der Waals surface area contributed by atoms with Gasteiger partial charge in [0.15, 0.2) is 11.0 Å². The van der Waals surface area contributed by atoms with E-state index in [9.17, 15) is 0 Å². The van der Waals surface area contributed by atoms with E-state index in [0.717, 1.165) is 33.7 Å². The van der Waals surface area contributed by atoms with Gasteiger partial charge in [-0.25, -0.2) is 0 Å². The summed E-state index contributed by atoms with van der Waals surface area (Å²) in [6.07, 6.45) is 0. The predicted octanol–water partition coefficient (Wildman–Crippen LogP) is 6.59. The summed E-state index contributed by atoms with van der Waals surface area (Å²) in [5.74, 6) is 2.44. The van der Waals surface area contributed by atoms with E-state index in [-0.39, 0.29) is 0 Å². The molecule has 0 radical (unpaired) electrons. The number of thioether (sulfide) groups is 1. The zero-order chi connectivity index (χ0) is 20.9. The molecule has 0 fully saturated rings. The Kier molecular flexibility index (Phi) is 6.41. The Hall–Kier alpha value is -2.76. The van der Waals surface area contributed by atoms with Crippen molar-refractivity contribution in [2.24, 2.45) is 0 Å². The van der Waals surface area contributed by atoms with Crippen molar-refractivity contribution in [1.29, 1.82) is 0 Å². The third kappa shape index (κ3) is 4.69. The van der Waals surface area contributed by atoms with E-state index < -0.39 is 0 Å². The second-order valence-corrected chi connectivity index (χ2v) is 8.23. The molecule has 152 valence electrons. The van der Waals surface area contributed by atoms with Gasteiger partial charge in [0.1, 0.15) is 5.75 Å². The highest BCUT2D eigenvalue weighted by Crippen LogP contribution is 2.31. The molecule has 4 rings (SSSR count). The van der Waals surface area contributed by atoms with E-state index in [2.05, 4.69) is 46.0 Å². The van der Waals surface area contributed by atoms with Crippen LogP contribution >= 0.6 is 23.4 Å². The van der Waals surface area contributed by atoms with Gasteiger partial charge in [-0.05, 0) is 67.9 Å². The molecule has 6 heteroatoms. The molecule has 0 aliphatic carbocycles. The third-order valence-corrected chi connectivity index (χ3v) is 5.88. The molecule has 0 bridgehead atoms. The number of nitrogens with zero attached hydrogens (tertiary/aromatic N) is 3. The summed E-state index contributed by atoms with van der Waals surface area (Å²) in [4.78, 5) is 0. The van der Waals surface area contributed by atoms with Crippen molar-refractivity contribution >= 4 is 23.4 Å². The lowest BCUT2D eigenvalue weighted by molar-refractivity contribution is 0.340. The topological polar surface area (TPSA) is 39.9 Å². The molecule has 0 aliphatic heterocycles. The number of halogens is 1. The van der Waals surface area contributed by atoms with Gasteiger partial charge in [0.25, 0.3) is 0 Å². The molecule has 3 aromatic carbocycles. The Labute approximate surface area is 185 Å². The summed E-state index contributed by atoms with van der Waals surface area (Å²) in [6.45, 7) is 4.71. The van der Waals surface area contributed by atoms with Crippen LogP contribution in [-0.2, 0) is 5.75 Å². The summed E-state index contributed by atoms with van der Waals surface area (Å²) < 4.78 is 7.67. The molecule has 1 aromatic heterocycles. The molecule has 0 saturated carbocycles. The molecule has 0 amide bonds. The van der Waals surface area contributed by atoms with Crippen molar-refractivity contribution in [2.45, 2.75) is 24.8 Å². The minimum atomic E-state index is 0.639. The Morgan fingerprint density at radius 2 is 1.60 bits per heavy atom. The van der Waals surface area contributed by atoms with E-state index in [1.165, 1.54) is 11.1 Å². The summed E-state index contributed by atoms with van der Waals surface area (Å²) in [6, 6.07) is 24.2. The highest BCUT2D eigenvalue weighted by molar-refractivity contribution is 7.98. The highest BCUT2D eigenvalue weighted by atomic mass is 35.5. The van der Waals surface area contributed by atoms with Gasteiger partial charge in [-0.3, -0.25) is 4.57 Å². The van der Waals surface area contributed by atoms with Gasteiger partial charge in [0.05, 0.1) is 6.61 Å². The van der Waals surface area contributed by atoms with Crippen LogP contribution in [0.4, 0.5) is 0 Å². The average Bonchev–Trinajstić information content (AvgIpc) is 3.18. The monoisotopic (exact) mass is 435 g/mol. The molecule has 0 atom stereocenters. The van der Waals surface area contributed by atoms with E-state index in [1.54, 1.807) is 11.8 Å². The Balaban J connectivity index is 1.70. The number of aryl methyl sites for hydroxylation is 1. The molecule has 30 heavy (non-hydrogen) atoms. The number of hydrogen-bond donors (Lipinski definition) is 0. The fraction of sp³-hybridized carbons (Fsp3) is 0.167. The van der Waals surface area contributed by atoms with Crippen LogP contribution in [0.25, 0.3) is 17.1 Å². The van der Waals surface area contributed by atoms with Gasteiger partial charge in [0.2, 0.25) is 0 Å². The largest absolute Gasteiger partial charge is 0.494 e. The second-order valence-electron chi connectivity index (χ2n) is 6.85. The second kappa shape index (κ2) is 9.37. The lowest BCUT2D eigenvalue weighted by Gasteiger charge is -2.12. The van der Waals surface area contributed by atoms with Crippen LogP contribution in [0.15, 0.2) is 78.0 Å². The SMILES string of the molecule is CCOc1ccc(-n2c(SCc3ccc(C)cc3)nnc2-c2ccc(Cl)cc2)cc1. The molecule has 1 heterocycles.